The molecule has 166 valence electrons. The standard InChI is InChI=1S/C23H33NO6/c1-14(2)17-13-30-23(26)24(17)22(25)20(15-9-7-6-8-10-15)16-11-18(27-3)21(29-5)19(12-16)28-4/h11-12,14-15,17,20H,6-10,13H2,1-5H3. The van der Waals surface area contributed by atoms with Crippen LogP contribution >= 0.6 is 0 Å². The first-order chi connectivity index (χ1) is 14.4. The largest absolute Gasteiger partial charge is 0.493 e. The quantitative estimate of drug-likeness (QED) is 0.653. The highest BCUT2D eigenvalue weighted by atomic mass is 16.6. The van der Waals surface area contributed by atoms with Crippen LogP contribution in [0.4, 0.5) is 4.79 Å². The van der Waals surface area contributed by atoms with E-state index in [2.05, 4.69) is 0 Å². The van der Waals surface area contributed by atoms with Gasteiger partial charge in [-0.1, -0.05) is 33.1 Å². The molecule has 0 bridgehead atoms. The second-order valence-corrected chi connectivity index (χ2v) is 8.43. The summed E-state index contributed by atoms with van der Waals surface area (Å²) in [6.07, 6.45) is 4.68. The monoisotopic (exact) mass is 419 g/mol. The Morgan fingerprint density at radius 1 is 1.03 bits per heavy atom. The normalized spacial score (nSPS) is 20.8. The highest BCUT2D eigenvalue weighted by molar-refractivity contribution is 5.97. The lowest BCUT2D eigenvalue weighted by atomic mass is 9.75. The molecule has 3 rings (SSSR count). The molecule has 0 radical (unpaired) electrons. The number of cyclic esters (lactones) is 1. The van der Waals surface area contributed by atoms with E-state index in [4.69, 9.17) is 18.9 Å². The molecule has 2 fully saturated rings. The molecule has 1 heterocycles. The molecule has 7 nitrogen and oxygen atoms in total. The highest BCUT2D eigenvalue weighted by Crippen LogP contribution is 2.45. The Balaban J connectivity index is 2.07. The van der Waals surface area contributed by atoms with Gasteiger partial charge in [-0.15, -0.1) is 0 Å². The van der Waals surface area contributed by atoms with Crippen LogP contribution in [0.5, 0.6) is 17.2 Å². The number of imide groups is 1. The van der Waals surface area contributed by atoms with Gasteiger partial charge in [-0.3, -0.25) is 4.79 Å². The fraction of sp³-hybridized carbons (Fsp3) is 0.652. The van der Waals surface area contributed by atoms with Gasteiger partial charge in [0.05, 0.1) is 33.3 Å². The van der Waals surface area contributed by atoms with Crippen LogP contribution in [-0.2, 0) is 9.53 Å². The maximum Gasteiger partial charge on any atom is 0.417 e. The van der Waals surface area contributed by atoms with Crippen LogP contribution in [0.3, 0.4) is 0 Å². The van der Waals surface area contributed by atoms with Gasteiger partial charge in [-0.2, -0.15) is 0 Å². The lowest BCUT2D eigenvalue weighted by molar-refractivity contribution is -0.133. The van der Waals surface area contributed by atoms with Crippen molar-refractivity contribution in [2.75, 3.05) is 27.9 Å². The van der Waals surface area contributed by atoms with Crippen LogP contribution in [-0.4, -0.2) is 50.9 Å². The van der Waals surface area contributed by atoms with E-state index in [1.54, 1.807) is 21.3 Å². The van der Waals surface area contributed by atoms with Crippen LogP contribution in [0.2, 0.25) is 0 Å². The summed E-state index contributed by atoms with van der Waals surface area (Å²) in [6, 6.07) is 3.42. The van der Waals surface area contributed by atoms with E-state index in [0.717, 1.165) is 31.2 Å². The van der Waals surface area contributed by atoms with E-state index in [1.807, 2.05) is 26.0 Å². The van der Waals surface area contributed by atoms with Gasteiger partial charge in [0.25, 0.3) is 0 Å². The molecule has 0 aromatic heterocycles. The highest BCUT2D eigenvalue weighted by Gasteiger charge is 2.45. The number of hydrogen-bond donors (Lipinski definition) is 0. The second kappa shape index (κ2) is 9.58. The first-order valence-electron chi connectivity index (χ1n) is 10.7. The maximum atomic E-state index is 13.8. The summed E-state index contributed by atoms with van der Waals surface area (Å²) < 4.78 is 21.7. The molecule has 1 aromatic carbocycles. The average Bonchev–Trinajstić information content (AvgIpc) is 3.15. The number of carbonyl (C=O) groups is 2. The lowest BCUT2D eigenvalue weighted by Crippen LogP contribution is -2.45. The number of carbonyl (C=O) groups excluding carboxylic acids is 2. The molecule has 2 amide bonds. The van der Waals surface area contributed by atoms with Gasteiger partial charge in [0.2, 0.25) is 11.7 Å². The van der Waals surface area contributed by atoms with Gasteiger partial charge in [0.15, 0.2) is 11.5 Å². The smallest absolute Gasteiger partial charge is 0.417 e. The third-order valence-corrected chi connectivity index (χ3v) is 6.35. The molecule has 1 saturated carbocycles. The van der Waals surface area contributed by atoms with E-state index in [0.29, 0.717) is 17.2 Å². The van der Waals surface area contributed by atoms with Gasteiger partial charge < -0.3 is 18.9 Å². The molecule has 1 aliphatic carbocycles. The molecule has 2 aliphatic rings. The van der Waals surface area contributed by atoms with Crippen molar-refractivity contribution in [1.29, 1.82) is 0 Å². The zero-order chi connectivity index (χ0) is 21.8. The fourth-order valence-corrected chi connectivity index (χ4v) is 4.69. The molecule has 1 aliphatic heterocycles. The van der Waals surface area contributed by atoms with Crippen molar-refractivity contribution in [3.05, 3.63) is 17.7 Å². The predicted molar refractivity (Wildman–Crippen MR) is 112 cm³/mol. The zero-order valence-corrected chi connectivity index (χ0v) is 18.6. The molecule has 7 heteroatoms. The van der Waals surface area contributed by atoms with Gasteiger partial charge in [0.1, 0.15) is 6.61 Å². The molecule has 1 saturated heterocycles. The Hall–Kier alpha value is -2.44. The van der Waals surface area contributed by atoms with Crippen molar-refractivity contribution in [2.45, 2.75) is 57.9 Å². The summed E-state index contributed by atoms with van der Waals surface area (Å²) in [5.74, 6) is 1.10. The second-order valence-electron chi connectivity index (χ2n) is 8.43. The Kier molecular flexibility index (Phi) is 7.10. The van der Waals surface area contributed by atoms with Crippen molar-refractivity contribution in [1.82, 2.24) is 4.90 Å². The minimum Gasteiger partial charge on any atom is -0.493 e. The van der Waals surface area contributed by atoms with Crippen molar-refractivity contribution >= 4 is 12.0 Å². The van der Waals surface area contributed by atoms with Gasteiger partial charge in [0, 0.05) is 0 Å². The van der Waals surface area contributed by atoms with E-state index in [9.17, 15) is 9.59 Å². The van der Waals surface area contributed by atoms with Crippen LogP contribution in [0, 0.1) is 11.8 Å². The molecule has 0 spiro atoms. The minimum absolute atomic E-state index is 0.118. The number of rotatable bonds is 7. The summed E-state index contributed by atoms with van der Waals surface area (Å²) in [7, 11) is 4.67. The molecule has 1 aromatic rings. The van der Waals surface area contributed by atoms with Crippen molar-refractivity contribution in [3.8, 4) is 17.2 Å². The zero-order valence-electron chi connectivity index (χ0n) is 18.6. The molecule has 2 unspecified atom stereocenters. The van der Waals surface area contributed by atoms with E-state index >= 15 is 0 Å². The number of benzene rings is 1. The van der Waals surface area contributed by atoms with Gasteiger partial charge >= 0.3 is 6.09 Å². The van der Waals surface area contributed by atoms with Crippen LogP contribution in [0.1, 0.15) is 57.4 Å². The van der Waals surface area contributed by atoms with Crippen LogP contribution in [0.15, 0.2) is 12.1 Å². The maximum absolute atomic E-state index is 13.8. The van der Waals surface area contributed by atoms with Gasteiger partial charge in [-0.05, 0) is 42.4 Å². The van der Waals surface area contributed by atoms with Crippen LogP contribution < -0.4 is 14.2 Å². The van der Waals surface area contributed by atoms with Crippen molar-refractivity contribution in [3.63, 3.8) is 0 Å². The summed E-state index contributed by atoms with van der Waals surface area (Å²) >= 11 is 0. The summed E-state index contributed by atoms with van der Waals surface area (Å²) in [5.41, 5.74) is 0.781. The molecular weight excluding hydrogens is 386 g/mol. The number of hydrogen-bond acceptors (Lipinski definition) is 6. The number of nitrogens with zero attached hydrogens (tertiary/aromatic N) is 1. The van der Waals surface area contributed by atoms with Crippen LogP contribution in [0.25, 0.3) is 0 Å². The summed E-state index contributed by atoms with van der Waals surface area (Å²) in [4.78, 5) is 27.7. The van der Waals surface area contributed by atoms with E-state index in [-0.39, 0.29) is 30.4 Å². The van der Waals surface area contributed by atoms with E-state index in [1.165, 1.54) is 11.3 Å². The average molecular weight is 420 g/mol. The number of amides is 2. The SMILES string of the molecule is COc1cc(C(C(=O)N2C(=O)OCC2C(C)C)C2CCCCC2)cc(OC)c1OC. The van der Waals surface area contributed by atoms with Gasteiger partial charge in [-0.25, -0.2) is 9.69 Å². The summed E-state index contributed by atoms with van der Waals surface area (Å²) in [6.45, 7) is 4.25. The number of ether oxygens (including phenoxy) is 4. The topological polar surface area (TPSA) is 74.3 Å². The molecule has 30 heavy (non-hydrogen) atoms. The predicted octanol–water partition coefficient (Wildman–Crippen LogP) is 4.38. The number of methoxy groups -OCH3 is 3. The van der Waals surface area contributed by atoms with E-state index < -0.39 is 12.0 Å². The molecule has 2 atom stereocenters. The first-order valence-corrected chi connectivity index (χ1v) is 10.7. The lowest BCUT2D eigenvalue weighted by Gasteiger charge is -2.34. The van der Waals surface area contributed by atoms with Crippen molar-refractivity contribution < 1.29 is 28.5 Å². The molecular formula is C23H33NO6. The third-order valence-electron chi connectivity index (χ3n) is 6.35. The Labute approximate surface area is 178 Å². The Bertz CT molecular complexity index is 746. The minimum atomic E-state index is -0.549. The fourth-order valence-electron chi connectivity index (χ4n) is 4.69. The van der Waals surface area contributed by atoms with Crippen molar-refractivity contribution in [2.24, 2.45) is 11.8 Å². The Morgan fingerprint density at radius 2 is 1.63 bits per heavy atom. The third kappa shape index (κ3) is 4.20. The first kappa shape index (κ1) is 22.2. The molecule has 0 N–H and O–H groups in total. The summed E-state index contributed by atoms with van der Waals surface area (Å²) in [5, 5.41) is 0. The Morgan fingerprint density at radius 3 is 2.13 bits per heavy atom.